The normalized spacial score (nSPS) is 17.5. The summed E-state index contributed by atoms with van der Waals surface area (Å²) in [5.41, 5.74) is 15.5. The van der Waals surface area contributed by atoms with Crippen molar-refractivity contribution in [1.82, 2.24) is 34.4 Å². The second-order valence-corrected chi connectivity index (χ2v) is 22.6. The summed E-state index contributed by atoms with van der Waals surface area (Å²) in [5, 5.41) is 11.4. The molecule has 74 heavy (non-hydrogen) atoms. The van der Waals surface area contributed by atoms with Gasteiger partial charge in [0.15, 0.2) is 0 Å². The van der Waals surface area contributed by atoms with Crippen LogP contribution in [0.15, 0.2) is 73.3 Å². The number of nitrogen functional groups attached to an aromatic ring is 1. The summed E-state index contributed by atoms with van der Waals surface area (Å²) in [5.74, 6) is 2.30. The molecule has 7 heterocycles. The van der Waals surface area contributed by atoms with Crippen molar-refractivity contribution in [3.05, 3.63) is 96.1 Å². The van der Waals surface area contributed by atoms with Crippen molar-refractivity contribution in [2.24, 2.45) is 36.8 Å². The van der Waals surface area contributed by atoms with Crippen LogP contribution in [0, 0.1) is 48.1 Å². The lowest BCUT2D eigenvalue weighted by Gasteiger charge is -2.28. The van der Waals surface area contributed by atoms with Gasteiger partial charge >= 0.3 is 6.03 Å². The first-order valence-corrected chi connectivity index (χ1v) is 26.3. The molecule has 2 amide bonds. The Bertz CT molecular complexity index is 2880. The predicted octanol–water partition coefficient (Wildman–Crippen LogP) is 11.6. The average Bonchev–Trinajstić information content (AvgIpc) is 4.24. The maximum Gasteiger partial charge on any atom is 0.321 e. The molecule has 3 saturated heterocycles. The Hall–Kier alpha value is -6.39. The summed E-state index contributed by atoms with van der Waals surface area (Å²) in [6.07, 6.45) is 14.3. The number of halogens is 2. The number of nitrogens with one attached hydrogen (secondary N) is 1. The van der Waals surface area contributed by atoms with Gasteiger partial charge < -0.3 is 35.2 Å². The van der Waals surface area contributed by atoms with E-state index in [0.717, 1.165) is 106 Å². The van der Waals surface area contributed by atoms with Gasteiger partial charge in [-0.25, -0.2) is 23.5 Å². The van der Waals surface area contributed by atoms with Crippen molar-refractivity contribution in [2.75, 3.05) is 86.5 Å². The minimum Gasteiger partial charge on any atom is -0.396 e. The van der Waals surface area contributed by atoms with Crippen LogP contribution in [0.2, 0.25) is 0 Å². The summed E-state index contributed by atoms with van der Waals surface area (Å²) in [7, 11) is 3.75. The van der Waals surface area contributed by atoms with Crippen LogP contribution in [-0.2, 0) is 23.6 Å². The van der Waals surface area contributed by atoms with Crippen LogP contribution in [0.25, 0.3) is 44.8 Å². The van der Waals surface area contributed by atoms with Gasteiger partial charge in [0.05, 0.1) is 61.6 Å². The molecule has 4 fully saturated rings. The number of carbonyl (C=O) groups excluding carboxylic acids is 1. The number of hydrogen-bond donors (Lipinski definition) is 2. The Balaban J connectivity index is 0.000000175. The van der Waals surface area contributed by atoms with Gasteiger partial charge in [0.2, 0.25) is 0 Å². The molecule has 16 heteroatoms. The highest BCUT2D eigenvalue weighted by Crippen LogP contribution is 2.40. The van der Waals surface area contributed by atoms with Crippen molar-refractivity contribution in [3.63, 3.8) is 0 Å². The third-order valence-electron chi connectivity index (χ3n) is 15.1. The van der Waals surface area contributed by atoms with E-state index in [2.05, 4.69) is 66.9 Å². The van der Waals surface area contributed by atoms with Gasteiger partial charge in [-0.2, -0.15) is 10.2 Å². The molecule has 0 bridgehead atoms. The van der Waals surface area contributed by atoms with E-state index in [1.165, 1.54) is 37.8 Å². The summed E-state index contributed by atoms with van der Waals surface area (Å²) < 4.78 is 43.4. The number of nitrogens with two attached hydrogens (primary N) is 1. The molecule has 1 unspecified atom stereocenters. The molecular formula is C58H77F2N11O3. The number of rotatable bonds is 7. The number of benzene rings is 2. The van der Waals surface area contributed by atoms with Crippen molar-refractivity contribution in [3.8, 4) is 44.8 Å². The van der Waals surface area contributed by atoms with E-state index in [1.807, 2.05) is 64.6 Å². The van der Waals surface area contributed by atoms with Gasteiger partial charge in [-0.05, 0) is 138 Å². The van der Waals surface area contributed by atoms with Crippen LogP contribution < -0.4 is 20.9 Å². The zero-order chi connectivity index (χ0) is 52.9. The van der Waals surface area contributed by atoms with Crippen LogP contribution in [0.1, 0.15) is 84.8 Å². The number of carbonyl (C=O) groups is 1. The molecule has 4 aliphatic rings. The lowest BCUT2D eigenvalue weighted by Crippen LogP contribution is -2.36. The maximum atomic E-state index is 15.1. The SMILES string of the molecule is CC(C)(C)C1CCCC1.Cc1cc(F)c(N)cc1-c1cc(-c2cnn(C)c2)nc(N2CCOCC2)c1.Cc1cc(F)c(NC(=O)N2CCC(C(C)(C)C)C2)cc1-c1cc(-c2cnn(C)c2)nc(N2CCOCC2)c1. The highest BCUT2D eigenvalue weighted by atomic mass is 19.1. The lowest BCUT2D eigenvalue weighted by molar-refractivity contribution is 0.122. The molecule has 14 nitrogen and oxygen atoms in total. The summed E-state index contributed by atoms with van der Waals surface area (Å²) in [6.45, 7) is 24.5. The number of amides is 2. The second kappa shape index (κ2) is 23.0. The molecule has 1 atom stereocenters. The molecule has 396 valence electrons. The van der Waals surface area contributed by atoms with Crippen molar-refractivity contribution in [2.45, 2.75) is 87.5 Å². The van der Waals surface area contributed by atoms with Crippen molar-refractivity contribution >= 4 is 29.0 Å². The first-order valence-electron chi connectivity index (χ1n) is 26.3. The summed E-state index contributed by atoms with van der Waals surface area (Å²) in [4.78, 5) is 29.1. The lowest BCUT2D eigenvalue weighted by atomic mass is 9.80. The Morgan fingerprint density at radius 2 is 1.09 bits per heavy atom. The molecule has 0 radical (unpaired) electrons. The standard InChI is InChI=1S/C29H37FN6O2.C20H22FN5O.C9H18/c1-19-12-24(30)26(33-28(37)36-7-6-22(18-36)29(2,3)4)15-23(19)20-13-25(21-16-31-34(5)17-21)32-27(14-20)35-8-10-38-11-9-35;1-13-7-17(21)18(22)10-16(13)14-8-19(15-11-23-25(2)12-15)24-20(9-14)26-3-5-27-6-4-26;1-9(2,3)8-6-4-5-7-8/h12-17,22H,6-11,18H2,1-5H3,(H,33,37);7-12H,3-6,22H2,1-2H3;8H,4-7H2,1-3H3. The van der Waals surface area contributed by atoms with E-state index in [9.17, 15) is 9.18 Å². The molecular weight excluding hydrogens is 937 g/mol. The molecule has 10 rings (SSSR count). The van der Waals surface area contributed by atoms with Crippen molar-refractivity contribution < 1.29 is 23.0 Å². The average molecular weight is 1010 g/mol. The van der Waals surface area contributed by atoms with Gasteiger partial charge in [-0.3, -0.25) is 9.36 Å². The molecule has 3 N–H and O–H groups in total. The smallest absolute Gasteiger partial charge is 0.321 e. The number of anilines is 4. The molecule has 3 aliphatic heterocycles. The number of morpholine rings is 2. The largest absolute Gasteiger partial charge is 0.396 e. The Labute approximate surface area is 436 Å². The minimum absolute atomic E-state index is 0.128. The third-order valence-corrected chi connectivity index (χ3v) is 15.1. The van der Waals surface area contributed by atoms with E-state index >= 15 is 4.39 Å². The van der Waals surface area contributed by atoms with Crippen LogP contribution in [0.3, 0.4) is 0 Å². The first-order chi connectivity index (χ1) is 35.2. The molecule has 4 aromatic heterocycles. The third kappa shape index (κ3) is 13.3. The highest BCUT2D eigenvalue weighted by molar-refractivity contribution is 5.91. The van der Waals surface area contributed by atoms with Crippen LogP contribution >= 0.6 is 0 Å². The van der Waals surface area contributed by atoms with Crippen LogP contribution in [-0.4, -0.2) is 106 Å². The quantitative estimate of drug-likeness (QED) is 0.148. The number of aryl methyl sites for hydroxylation is 4. The highest BCUT2D eigenvalue weighted by Gasteiger charge is 2.34. The molecule has 2 aromatic carbocycles. The number of aromatic nitrogens is 6. The van der Waals surface area contributed by atoms with Crippen molar-refractivity contribution in [1.29, 1.82) is 0 Å². The zero-order valence-electron chi connectivity index (χ0n) is 45.3. The van der Waals surface area contributed by atoms with E-state index in [4.69, 9.17) is 25.2 Å². The fourth-order valence-electron chi connectivity index (χ4n) is 10.4. The number of pyridine rings is 2. The van der Waals surface area contributed by atoms with E-state index in [-0.39, 0.29) is 22.8 Å². The van der Waals surface area contributed by atoms with Crippen LogP contribution in [0.4, 0.5) is 36.6 Å². The van der Waals surface area contributed by atoms with Gasteiger partial charge in [0.25, 0.3) is 0 Å². The summed E-state index contributed by atoms with van der Waals surface area (Å²) >= 11 is 0. The monoisotopic (exact) mass is 1010 g/mol. The fourth-order valence-corrected chi connectivity index (χ4v) is 10.4. The topological polar surface area (TPSA) is 145 Å². The minimum atomic E-state index is -0.443. The zero-order valence-corrected chi connectivity index (χ0v) is 45.3. The number of urea groups is 1. The molecule has 0 spiro atoms. The number of nitrogens with zero attached hydrogens (tertiary/aromatic N) is 9. The van der Waals surface area contributed by atoms with Crippen LogP contribution in [0.5, 0.6) is 0 Å². The predicted molar refractivity (Wildman–Crippen MR) is 293 cm³/mol. The Kier molecular flexibility index (Phi) is 16.8. The van der Waals surface area contributed by atoms with Gasteiger partial charge in [-0.15, -0.1) is 0 Å². The molecule has 1 aliphatic carbocycles. The second-order valence-electron chi connectivity index (χ2n) is 22.6. The Morgan fingerprint density at radius 1 is 0.622 bits per heavy atom. The van der Waals surface area contributed by atoms with E-state index in [0.29, 0.717) is 50.8 Å². The fraction of sp³-hybridized carbons (Fsp3) is 0.500. The first kappa shape index (κ1) is 53.9. The van der Waals surface area contributed by atoms with E-state index < -0.39 is 11.6 Å². The Morgan fingerprint density at radius 3 is 1.53 bits per heavy atom. The van der Waals surface area contributed by atoms with Gasteiger partial charge in [-0.1, -0.05) is 54.4 Å². The number of ether oxygens (including phenoxy) is 2. The van der Waals surface area contributed by atoms with E-state index in [1.54, 1.807) is 38.8 Å². The number of hydrogen-bond acceptors (Lipinski definition) is 10. The maximum absolute atomic E-state index is 15.1. The number of likely N-dealkylation sites (tertiary alicyclic amines) is 1. The van der Waals surface area contributed by atoms with Gasteiger partial charge in [0, 0.05) is 76.9 Å². The van der Waals surface area contributed by atoms with Gasteiger partial charge in [0.1, 0.15) is 23.3 Å². The summed E-state index contributed by atoms with van der Waals surface area (Å²) in [6, 6.07) is 14.2. The molecule has 1 saturated carbocycles. The molecule has 6 aromatic rings.